The molecule has 0 spiro atoms. The highest BCUT2D eigenvalue weighted by Crippen LogP contribution is 2.42. The van der Waals surface area contributed by atoms with Crippen molar-refractivity contribution in [3.63, 3.8) is 0 Å². The van der Waals surface area contributed by atoms with Crippen molar-refractivity contribution in [3.05, 3.63) is 0 Å². The standard InChI is InChI=1S/C12H18O5S2/c1-6-9(16-7(2)13)10(17-8(3)14)11(15-6)12-18-4-5-19-12/h6,9-12H,4-5H2,1-3H3/t6-,9-,10+,11-/m0/s1. The SMILES string of the molecule is CC(=O)O[C@@H]1[C@@H](OC(C)=O)[C@@H](C2SCCS2)O[C@H]1C. The van der Waals surface area contributed by atoms with Gasteiger partial charge in [0.05, 0.1) is 10.7 Å². The van der Waals surface area contributed by atoms with Crippen molar-refractivity contribution in [1.29, 1.82) is 0 Å². The molecule has 2 heterocycles. The van der Waals surface area contributed by atoms with E-state index in [-0.39, 0.29) is 28.7 Å². The highest BCUT2D eigenvalue weighted by atomic mass is 32.2. The van der Waals surface area contributed by atoms with Crippen molar-refractivity contribution in [2.45, 2.75) is 49.8 Å². The first-order valence-electron chi connectivity index (χ1n) is 6.22. The Kier molecular flexibility index (Phi) is 5.03. The number of thioether (sulfide) groups is 2. The summed E-state index contributed by atoms with van der Waals surface area (Å²) in [5.74, 6) is 1.37. The fourth-order valence-electron chi connectivity index (χ4n) is 2.32. The minimum atomic E-state index is -0.520. The minimum Gasteiger partial charge on any atom is -0.456 e. The van der Waals surface area contributed by atoms with Gasteiger partial charge in [-0.05, 0) is 6.92 Å². The zero-order valence-electron chi connectivity index (χ0n) is 11.2. The minimum absolute atomic E-state index is 0.222. The van der Waals surface area contributed by atoms with Crippen molar-refractivity contribution in [3.8, 4) is 0 Å². The molecule has 0 amide bonds. The molecule has 0 aromatic heterocycles. The second-order valence-corrected chi connectivity index (χ2v) is 7.36. The van der Waals surface area contributed by atoms with E-state index in [0.717, 1.165) is 11.5 Å². The third-order valence-corrected chi connectivity index (χ3v) is 6.15. The summed E-state index contributed by atoms with van der Waals surface area (Å²) < 4.78 is 16.7. The lowest BCUT2D eigenvalue weighted by atomic mass is 10.1. The number of rotatable bonds is 3. The third-order valence-electron chi connectivity index (χ3n) is 3.00. The Bertz CT molecular complexity index is 356. The molecule has 108 valence electrons. The van der Waals surface area contributed by atoms with Crippen LogP contribution in [-0.2, 0) is 23.8 Å². The first-order chi connectivity index (χ1) is 8.99. The van der Waals surface area contributed by atoms with Crippen LogP contribution in [0, 0.1) is 0 Å². The quantitative estimate of drug-likeness (QED) is 0.731. The lowest BCUT2D eigenvalue weighted by Crippen LogP contribution is -2.41. The summed E-state index contributed by atoms with van der Waals surface area (Å²) in [4.78, 5) is 22.4. The summed E-state index contributed by atoms with van der Waals surface area (Å²) in [5, 5.41) is 0. The van der Waals surface area contributed by atoms with Crippen LogP contribution in [-0.4, -0.2) is 52.4 Å². The maximum Gasteiger partial charge on any atom is 0.303 e. The van der Waals surface area contributed by atoms with E-state index in [1.54, 1.807) is 23.5 Å². The second kappa shape index (κ2) is 6.37. The molecule has 0 aliphatic carbocycles. The largest absolute Gasteiger partial charge is 0.456 e. The third kappa shape index (κ3) is 3.58. The van der Waals surface area contributed by atoms with Crippen LogP contribution in [0.3, 0.4) is 0 Å². The number of hydrogen-bond acceptors (Lipinski definition) is 7. The van der Waals surface area contributed by atoms with Gasteiger partial charge >= 0.3 is 11.9 Å². The van der Waals surface area contributed by atoms with Gasteiger partial charge in [0, 0.05) is 25.4 Å². The van der Waals surface area contributed by atoms with Crippen molar-refractivity contribution >= 4 is 35.5 Å². The van der Waals surface area contributed by atoms with Crippen LogP contribution in [0.1, 0.15) is 20.8 Å². The molecule has 2 saturated heterocycles. The van der Waals surface area contributed by atoms with Crippen LogP contribution < -0.4 is 0 Å². The summed E-state index contributed by atoms with van der Waals surface area (Å²) >= 11 is 3.60. The Balaban J connectivity index is 2.13. The molecule has 0 N–H and O–H groups in total. The van der Waals surface area contributed by atoms with Gasteiger partial charge in [-0.2, -0.15) is 0 Å². The Morgan fingerprint density at radius 3 is 2.11 bits per heavy atom. The van der Waals surface area contributed by atoms with Crippen LogP contribution in [0.5, 0.6) is 0 Å². The maximum atomic E-state index is 11.3. The van der Waals surface area contributed by atoms with E-state index >= 15 is 0 Å². The number of esters is 2. The zero-order valence-corrected chi connectivity index (χ0v) is 12.8. The monoisotopic (exact) mass is 306 g/mol. The van der Waals surface area contributed by atoms with E-state index < -0.39 is 12.2 Å². The number of carbonyl (C=O) groups excluding carboxylic acids is 2. The zero-order chi connectivity index (χ0) is 14.0. The molecule has 2 rings (SSSR count). The summed E-state index contributed by atoms with van der Waals surface area (Å²) in [6, 6.07) is 0. The second-order valence-electron chi connectivity index (χ2n) is 4.56. The molecule has 2 fully saturated rings. The number of ether oxygens (including phenoxy) is 3. The van der Waals surface area contributed by atoms with E-state index in [9.17, 15) is 9.59 Å². The molecular formula is C12H18O5S2. The van der Waals surface area contributed by atoms with Gasteiger partial charge in [-0.15, -0.1) is 23.5 Å². The van der Waals surface area contributed by atoms with E-state index in [1.807, 2.05) is 6.92 Å². The molecule has 19 heavy (non-hydrogen) atoms. The van der Waals surface area contributed by atoms with Crippen LogP contribution in [0.4, 0.5) is 0 Å². The number of carbonyl (C=O) groups is 2. The summed E-state index contributed by atoms with van der Waals surface area (Å²) in [6.07, 6.45) is -1.52. The normalized spacial score (nSPS) is 35.3. The molecule has 2 aliphatic rings. The topological polar surface area (TPSA) is 61.8 Å². The fraction of sp³-hybridized carbons (Fsp3) is 0.833. The van der Waals surface area contributed by atoms with E-state index in [1.165, 1.54) is 13.8 Å². The molecule has 2 aliphatic heterocycles. The maximum absolute atomic E-state index is 11.3. The average molecular weight is 306 g/mol. The Hall–Kier alpha value is -0.400. The predicted octanol–water partition coefficient (Wildman–Crippen LogP) is 1.44. The van der Waals surface area contributed by atoms with Gasteiger partial charge in [-0.25, -0.2) is 0 Å². The van der Waals surface area contributed by atoms with E-state index in [4.69, 9.17) is 14.2 Å². The predicted molar refractivity (Wildman–Crippen MR) is 74.1 cm³/mol. The summed E-state index contributed by atoms with van der Waals surface area (Å²) in [6.45, 7) is 4.55. The highest BCUT2D eigenvalue weighted by Gasteiger charge is 2.50. The van der Waals surface area contributed by atoms with E-state index in [0.29, 0.717) is 0 Å². The molecule has 0 unspecified atom stereocenters. The van der Waals surface area contributed by atoms with Crippen LogP contribution in [0.25, 0.3) is 0 Å². The molecule has 0 aromatic rings. The lowest BCUT2D eigenvalue weighted by molar-refractivity contribution is -0.163. The fourth-order valence-corrected chi connectivity index (χ4v) is 5.34. The first kappa shape index (κ1) is 15.0. The Morgan fingerprint density at radius 2 is 1.58 bits per heavy atom. The van der Waals surface area contributed by atoms with Crippen molar-refractivity contribution in [2.75, 3.05) is 11.5 Å². The molecule has 4 atom stereocenters. The van der Waals surface area contributed by atoms with Gasteiger partial charge < -0.3 is 14.2 Å². The van der Waals surface area contributed by atoms with Gasteiger partial charge in [0.15, 0.2) is 12.2 Å². The molecule has 5 nitrogen and oxygen atoms in total. The van der Waals surface area contributed by atoms with E-state index in [2.05, 4.69) is 0 Å². The molecule has 7 heteroatoms. The van der Waals surface area contributed by atoms with Gasteiger partial charge in [-0.3, -0.25) is 9.59 Å². The molecular weight excluding hydrogens is 288 g/mol. The lowest BCUT2D eigenvalue weighted by Gasteiger charge is -2.25. The van der Waals surface area contributed by atoms with Crippen molar-refractivity contribution in [1.82, 2.24) is 0 Å². The Labute approximate surface area is 121 Å². The smallest absolute Gasteiger partial charge is 0.303 e. The van der Waals surface area contributed by atoms with Crippen molar-refractivity contribution < 1.29 is 23.8 Å². The summed E-state index contributed by atoms with van der Waals surface area (Å²) in [7, 11) is 0. The summed E-state index contributed by atoms with van der Waals surface area (Å²) in [5.41, 5.74) is 0. The van der Waals surface area contributed by atoms with Gasteiger partial charge in [0.1, 0.15) is 6.10 Å². The van der Waals surface area contributed by atoms with Crippen LogP contribution in [0.15, 0.2) is 0 Å². The molecule has 0 saturated carbocycles. The van der Waals surface area contributed by atoms with Crippen molar-refractivity contribution in [2.24, 2.45) is 0 Å². The molecule has 0 radical (unpaired) electrons. The molecule has 0 aromatic carbocycles. The number of hydrogen-bond donors (Lipinski definition) is 0. The van der Waals surface area contributed by atoms with Crippen LogP contribution >= 0.6 is 23.5 Å². The average Bonchev–Trinajstić information content (AvgIpc) is 2.90. The van der Waals surface area contributed by atoms with Gasteiger partial charge in [-0.1, -0.05) is 0 Å². The van der Waals surface area contributed by atoms with Gasteiger partial charge in [0.2, 0.25) is 0 Å². The Morgan fingerprint density at radius 1 is 1.05 bits per heavy atom. The first-order valence-corrected chi connectivity index (χ1v) is 8.32. The van der Waals surface area contributed by atoms with Gasteiger partial charge in [0.25, 0.3) is 0 Å². The van der Waals surface area contributed by atoms with Crippen LogP contribution in [0.2, 0.25) is 0 Å². The highest BCUT2D eigenvalue weighted by molar-refractivity contribution is 8.20. The molecule has 0 bridgehead atoms.